The average Bonchev–Trinajstić information content (AvgIpc) is 2.75. The molecule has 1 N–H and O–H groups in total. The van der Waals surface area contributed by atoms with Gasteiger partial charge in [0.05, 0.1) is 19.3 Å². The van der Waals surface area contributed by atoms with Crippen molar-refractivity contribution in [2.24, 2.45) is 0 Å². The van der Waals surface area contributed by atoms with Crippen molar-refractivity contribution in [3.63, 3.8) is 0 Å². The van der Waals surface area contributed by atoms with Gasteiger partial charge in [0.15, 0.2) is 0 Å². The summed E-state index contributed by atoms with van der Waals surface area (Å²) in [4.78, 5) is 28.9. The molecule has 162 valence electrons. The lowest BCUT2D eigenvalue weighted by molar-refractivity contribution is -0.117. The quantitative estimate of drug-likeness (QED) is 0.617. The zero-order chi connectivity index (χ0) is 21.8. The number of anilines is 1. The van der Waals surface area contributed by atoms with Gasteiger partial charge in [0.25, 0.3) is 0 Å². The second-order valence-corrected chi connectivity index (χ2v) is 7.89. The number of carbonyl (C=O) groups excluding carboxylic acids is 1. The summed E-state index contributed by atoms with van der Waals surface area (Å²) in [6.07, 6.45) is 0. The van der Waals surface area contributed by atoms with Crippen molar-refractivity contribution in [3.05, 3.63) is 70.1 Å². The van der Waals surface area contributed by atoms with Crippen LogP contribution in [-0.2, 0) is 11.3 Å². The van der Waals surface area contributed by atoms with Crippen molar-refractivity contribution in [1.82, 2.24) is 9.80 Å². The number of para-hydroxylation sites is 2. The molecule has 0 bridgehead atoms. The Morgan fingerprint density at radius 3 is 2.58 bits per heavy atom. The van der Waals surface area contributed by atoms with Gasteiger partial charge in [-0.3, -0.25) is 14.6 Å². The maximum absolute atomic E-state index is 12.5. The van der Waals surface area contributed by atoms with Crippen LogP contribution in [0.15, 0.2) is 57.7 Å². The number of rotatable bonds is 6. The molecule has 7 heteroatoms. The van der Waals surface area contributed by atoms with Crippen LogP contribution in [0.25, 0.3) is 11.0 Å². The molecule has 4 rings (SSSR count). The highest BCUT2D eigenvalue weighted by Crippen LogP contribution is 2.23. The Hall–Kier alpha value is -3.16. The van der Waals surface area contributed by atoms with E-state index in [1.54, 1.807) is 13.2 Å². The van der Waals surface area contributed by atoms with Crippen LogP contribution in [0, 0.1) is 6.92 Å². The molecule has 0 aliphatic carbocycles. The SMILES string of the molecule is COc1ccccc1NC(=O)CN1CCN(Cc2cc(=O)oc3cc(C)ccc23)CC1. The van der Waals surface area contributed by atoms with E-state index in [-0.39, 0.29) is 11.5 Å². The van der Waals surface area contributed by atoms with Crippen LogP contribution in [0.2, 0.25) is 0 Å². The first-order valence-electron chi connectivity index (χ1n) is 10.4. The molecule has 0 unspecified atom stereocenters. The number of hydrogen-bond acceptors (Lipinski definition) is 6. The predicted octanol–water partition coefficient (Wildman–Crippen LogP) is 2.87. The molecular formula is C24H27N3O4. The molecule has 3 aromatic rings. The molecule has 2 aromatic carbocycles. The van der Waals surface area contributed by atoms with Crippen molar-refractivity contribution in [1.29, 1.82) is 0 Å². The Morgan fingerprint density at radius 2 is 1.81 bits per heavy atom. The Kier molecular flexibility index (Phi) is 6.34. The molecule has 0 spiro atoms. The van der Waals surface area contributed by atoms with Crippen molar-refractivity contribution in [3.8, 4) is 5.75 Å². The number of fused-ring (bicyclic) bond motifs is 1. The lowest BCUT2D eigenvalue weighted by Gasteiger charge is -2.34. The van der Waals surface area contributed by atoms with E-state index in [0.717, 1.165) is 42.7 Å². The molecule has 1 aliphatic heterocycles. The molecule has 31 heavy (non-hydrogen) atoms. The van der Waals surface area contributed by atoms with Gasteiger partial charge in [-0.05, 0) is 36.2 Å². The lowest BCUT2D eigenvalue weighted by atomic mass is 10.1. The minimum Gasteiger partial charge on any atom is -0.495 e. The minimum atomic E-state index is -0.320. The molecule has 1 aliphatic rings. The van der Waals surface area contributed by atoms with Gasteiger partial charge in [-0.2, -0.15) is 0 Å². The third-order valence-corrected chi connectivity index (χ3v) is 5.59. The van der Waals surface area contributed by atoms with E-state index >= 15 is 0 Å². The van der Waals surface area contributed by atoms with E-state index in [4.69, 9.17) is 9.15 Å². The highest BCUT2D eigenvalue weighted by atomic mass is 16.5. The second-order valence-electron chi connectivity index (χ2n) is 7.89. The fourth-order valence-corrected chi connectivity index (χ4v) is 3.96. The van der Waals surface area contributed by atoms with Gasteiger partial charge >= 0.3 is 5.63 Å². The molecule has 1 aromatic heterocycles. The zero-order valence-electron chi connectivity index (χ0n) is 17.9. The molecular weight excluding hydrogens is 394 g/mol. The highest BCUT2D eigenvalue weighted by molar-refractivity contribution is 5.93. The first-order valence-corrected chi connectivity index (χ1v) is 10.4. The van der Waals surface area contributed by atoms with Gasteiger partial charge in [-0.15, -0.1) is 0 Å². The van der Waals surface area contributed by atoms with Gasteiger partial charge < -0.3 is 14.5 Å². The van der Waals surface area contributed by atoms with Gasteiger partial charge in [-0.25, -0.2) is 4.79 Å². The number of hydrogen-bond donors (Lipinski definition) is 1. The highest BCUT2D eigenvalue weighted by Gasteiger charge is 2.20. The normalized spacial score (nSPS) is 15.2. The van der Waals surface area contributed by atoms with Crippen LogP contribution in [0.5, 0.6) is 5.75 Å². The van der Waals surface area contributed by atoms with Crippen molar-refractivity contribution < 1.29 is 13.9 Å². The van der Waals surface area contributed by atoms with Crippen LogP contribution in [0.1, 0.15) is 11.1 Å². The van der Waals surface area contributed by atoms with Crippen LogP contribution in [-0.4, -0.2) is 55.5 Å². The molecule has 1 saturated heterocycles. The number of amides is 1. The summed E-state index contributed by atoms with van der Waals surface area (Å²) in [6, 6.07) is 14.9. The monoisotopic (exact) mass is 421 g/mol. The number of aryl methyl sites for hydroxylation is 1. The summed E-state index contributed by atoms with van der Waals surface area (Å²) in [5.41, 5.74) is 3.04. The Labute approximate surface area is 181 Å². The first-order chi connectivity index (χ1) is 15.0. The van der Waals surface area contributed by atoms with Gasteiger partial charge in [0, 0.05) is 44.2 Å². The Morgan fingerprint density at radius 1 is 1.06 bits per heavy atom. The van der Waals surface area contributed by atoms with E-state index < -0.39 is 0 Å². The maximum atomic E-state index is 12.5. The standard InChI is InChI=1S/C24H27N3O4/c1-17-7-8-19-18(14-24(29)31-22(19)13-17)15-26-9-11-27(12-10-26)16-23(28)25-20-5-3-4-6-21(20)30-2/h3-8,13-14H,9-12,15-16H2,1-2H3,(H,25,28). The van der Waals surface area contributed by atoms with Crippen molar-refractivity contribution >= 4 is 22.6 Å². The number of piperazine rings is 1. The van der Waals surface area contributed by atoms with Gasteiger partial charge in [0.2, 0.25) is 5.91 Å². The van der Waals surface area contributed by atoms with E-state index in [2.05, 4.69) is 15.1 Å². The molecule has 2 heterocycles. The number of nitrogens with one attached hydrogen (secondary N) is 1. The smallest absolute Gasteiger partial charge is 0.336 e. The molecule has 0 atom stereocenters. The topological polar surface area (TPSA) is 75.0 Å². The molecule has 1 fully saturated rings. The summed E-state index contributed by atoms with van der Waals surface area (Å²) < 4.78 is 10.7. The van der Waals surface area contributed by atoms with E-state index in [0.29, 0.717) is 30.1 Å². The summed E-state index contributed by atoms with van der Waals surface area (Å²) in [5.74, 6) is 0.593. The summed E-state index contributed by atoms with van der Waals surface area (Å²) >= 11 is 0. The maximum Gasteiger partial charge on any atom is 0.336 e. The summed E-state index contributed by atoms with van der Waals surface area (Å²) in [5, 5.41) is 3.90. The Balaban J connectivity index is 1.34. The van der Waals surface area contributed by atoms with Crippen LogP contribution in [0.3, 0.4) is 0 Å². The first kappa shape index (κ1) is 21.1. The van der Waals surface area contributed by atoms with Gasteiger partial charge in [-0.1, -0.05) is 24.3 Å². The van der Waals surface area contributed by atoms with Crippen molar-refractivity contribution in [2.45, 2.75) is 13.5 Å². The van der Waals surface area contributed by atoms with Crippen LogP contribution < -0.4 is 15.7 Å². The molecule has 0 radical (unpaired) electrons. The van der Waals surface area contributed by atoms with Crippen LogP contribution >= 0.6 is 0 Å². The van der Waals surface area contributed by atoms with E-state index in [9.17, 15) is 9.59 Å². The third kappa shape index (κ3) is 5.13. The average molecular weight is 421 g/mol. The number of carbonyl (C=O) groups is 1. The van der Waals surface area contributed by atoms with E-state index in [1.165, 1.54) is 0 Å². The molecule has 0 saturated carbocycles. The summed E-state index contributed by atoms with van der Waals surface area (Å²) in [6.45, 7) is 6.24. The fourth-order valence-electron chi connectivity index (χ4n) is 3.96. The lowest BCUT2D eigenvalue weighted by Crippen LogP contribution is -2.48. The second kappa shape index (κ2) is 9.32. The number of ether oxygens (including phenoxy) is 1. The Bertz CT molecular complexity index is 1130. The minimum absolute atomic E-state index is 0.0556. The molecule has 7 nitrogen and oxygen atoms in total. The van der Waals surface area contributed by atoms with Crippen molar-refractivity contribution in [2.75, 3.05) is 45.2 Å². The van der Waals surface area contributed by atoms with E-state index in [1.807, 2.05) is 49.4 Å². The zero-order valence-corrected chi connectivity index (χ0v) is 17.9. The number of benzene rings is 2. The largest absolute Gasteiger partial charge is 0.495 e. The van der Waals surface area contributed by atoms with Crippen LogP contribution in [0.4, 0.5) is 5.69 Å². The number of nitrogens with zero attached hydrogens (tertiary/aromatic N) is 2. The fraction of sp³-hybridized carbons (Fsp3) is 0.333. The third-order valence-electron chi connectivity index (χ3n) is 5.59. The molecule has 1 amide bonds. The van der Waals surface area contributed by atoms with Gasteiger partial charge in [0.1, 0.15) is 11.3 Å². The predicted molar refractivity (Wildman–Crippen MR) is 121 cm³/mol. The summed E-state index contributed by atoms with van der Waals surface area (Å²) in [7, 11) is 1.59. The number of methoxy groups -OCH3 is 1.